The Kier molecular flexibility index (Phi) is 5.82. The third-order valence-corrected chi connectivity index (χ3v) is 4.85. The smallest absolute Gasteiger partial charge is 0.223 e. The van der Waals surface area contributed by atoms with Crippen LogP contribution in [-0.4, -0.2) is 16.5 Å². The lowest BCUT2D eigenvalue weighted by atomic mass is 10.0. The molecule has 0 fully saturated rings. The molecule has 3 aromatic carbocycles. The molecule has 29 heavy (non-hydrogen) atoms. The van der Waals surface area contributed by atoms with Crippen LogP contribution in [0.3, 0.4) is 0 Å². The average Bonchev–Trinajstić information content (AvgIpc) is 2.76. The van der Waals surface area contributed by atoms with Gasteiger partial charge in [0, 0.05) is 28.9 Å². The molecule has 0 aliphatic rings. The van der Waals surface area contributed by atoms with E-state index in [-0.39, 0.29) is 5.82 Å². The Morgan fingerprint density at radius 1 is 0.828 bits per heavy atom. The van der Waals surface area contributed by atoms with Gasteiger partial charge in [0.1, 0.15) is 5.82 Å². The number of hydrogen-bond donors (Lipinski definition) is 1. The number of halogens is 2. The monoisotopic (exact) mass is 403 g/mol. The van der Waals surface area contributed by atoms with E-state index in [0.29, 0.717) is 17.5 Å². The summed E-state index contributed by atoms with van der Waals surface area (Å²) >= 11 is 6.06. The zero-order valence-corrected chi connectivity index (χ0v) is 16.4. The summed E-state index contributed by atoms with van der Waals surface area (Å²) in [6, 6.07) is 24.2. The van der Waals surface area contributed by atoms with Crippen LogP contribution >= 0.6 is 11.6 Å². The molecule has 3 nitrogen and oxygen atoms in total. The minimum Gasteiger partial charge on any atom is -0.354 e. The first kappa shape index (κ1) is 19.1. The van der Waals surface area contributed by atoms with Gasteiger partial charge in [0.25, 0.3) is 0 Å². The summed E-state index contributed by atoms with van der Waals surface area (Å²) in [5.74, 6) is 0.325. The second-order valence-corrected chi connectivity index (χ2v) is 7.07. The van der Waals surface area contributed by atoms with E-state index in [1.165, 1.54) is 12.1 Å². The third-order valence-electron chi connectivity index (χ3n) is 4.60. The molecule has 0 aliphatic heterocycles. The van der Waals surface area contributed by atoms with Crippen LogP contribution < -0.4 is 5.32 Å². The van der Waals surface area contributed by atoms with Gasteiger partial charge in [-0.15, -0.1) is 0 Å². The zero-order chi connectivity index (χ0) is 20.1. The second-order valence-electron chi connectivity index (χ2n) is 6.63. The molecule has 0 unspecified atom stereocenters. The van der Waals surface area contributed by atoms with E-state index in [1.54, 1.807) is 12.1 Å². The van der Waals surface area contributed by atoms with Gasteiger partial charge in [-0.25, -0.2) is 14.4 Å². The van der Waals surface area contributed by atoms with Crippen molar-refractivity contribution in [2.45, 2.75) is 6.42 Å². The zero-order valence-electron chi connectivity index (χ0n) is 15.6. The van der Waals surface area contributed by atoms with Gasteiger partial charge in [-0.3, -0.25) is 0 Å². The minimum absolute atomic E-state index is 0.228. The Balaban J connectivity index is 1.59. The average molecular weight is 404 g/mol. The first-order valence-corrected chi connectivity index (χ1v) is 9.73. The van der Waals surface area contributed by atoms with Crippen molar-refractivity contribution in [3.05, 3.63) is 101 Å². The highest BCUT2D eigenvalue weighted by atomic mass is 35.5. The number of anilines is 1. The molecule has 0 saturated carbocycles. The molecule has 1 heterocycles. The molecule has 0 spiro atoms. The van der Waals surface area contributed by atoms with Gasteiger partial charge < -0.3 is 5.32 Å². The number of benzene rings is 3. The van der Waals surface area contributed by atoms with Crippen molar-refractivity contribution in [1.29, 1.82) is 0 Å². The van der Waals surface area contributed by atoms with Crippen LogP contribution in [0, 0.1) is 5.82 Å². The Hall–Kier alpha value is -3.24. The lowest BCUT2D eigenvalue weighted by Gasteiger charge is -2.12. The van der Waals surface area contributed by atoms with E-state index in [9.17, 15) is 4.39 Å². The predicted octanol–water partition coefficient (Wildman–Crippen LogP) is 6.26. The van der Waals surface area contributed by atoms with Crippen LogP contribution in [0.15, 0.2) is 85.1 Å². The number of aromatic nitrogens is 2. The van der Waals surface area contributed by atoms with Crippen molar-refractivity contribution in [3.63, 3.8) is 0 Å². The fourth-order valence-corrected chi connectivity index (χ4v) is 3.22. The molecule has 0 radical (unpaired) electrons. The molecule has 0 atom stereocenters. The Bertz CT molecular complexity index is 1080. The summed E-state index contributed by atoms with van der Waals surface area (Å²) in [4.78, 5) is 9.26. The molecule has 1 aromatic heterocycles. The number of nitrogens with zero attached hydrogens (tertiary/aromatic N) is 2. The van der Waals surface area contributed by atoms with Crippen molar-refractivity contribution in [3.8, 4) is 22.4 Å². The van der Waals surface area contributed by atoms with Crippen LogP contribution in [0.25, 0.3) is 22.4 Å². The minimum atomic E-state index is -0.228. The van der Waals surface area contributed by atoms with E-state index in [1.807, 2.05) is 60.8 Å². The van der Waals surface area contributed by atoms with Crippen LogP contribution in [0.2, 0.25) is 5.02 Å². The maximum atomic E-state index is 13.0. The molecule has 144 valence electrons. The lowest BCUT2D eigenvalue weighted by Crippen LogP contribution is -2.09. The second kappa shape index (κ2) is 8.84. The first-order chi connectivity index (χ1) is 14.2. The van der Waals surface area contributed by atoms with Gasteiger partial charge in [-0.05, 0) is 41.8 Å². The Labute approximate surface area is 174 Å². The summed E-state index contributed by atoms with van der Waals surface area (Å²) in [5, 5.41) is 3.95. The fourth-order valence-electron chi connectivity index (χ4n) is 3.09. The van der Waals surface area contributed by atoms with Gasteiger partial charge in [0.15, 0.2) is 0 Å². The maximum absolute atomic E-state index is 13.0. The van der Waals surface area contributed by atoms with Gasteiger partial charge >= 0.3 is 0 Å². The summed E-state index contributed by atoms with van der Waals surface area (Å²) in [5.41, 5.74) is 4.87. The van der Waals surface area contributed by atoms with Crippen molar-refractivity contribution in [2.75, 3.05) is 11.9 Å². The van der Waals surface area contributed by atoms with Crippen LogP contribution in [0.5, 0.6) is 0 Å². The number of rotatable bonds is 6. The number of nitrogens with one attached hydrogen (secondary N) is 1. The summed E-state index contributed by atoms with van der Waals surface area (Å²) in [6.45, 7) is 0.649. The van der Waals surface area contributed by atoms with Gasteiger partial charge in [-0.1, -0.05) is 66.2 Å². The highest BCUT2D eigenvalue weighted by Crippen LogP contribution is 2.31. The normalized spacial score (nSPS) is 10.7. The standard InChI is InChI=1S/C24H19ClFN3/c25-20-10-8-19(9-11-20)23-22(18-4-2-1-3-5-18)16-28-24(29-23)27-15-14-17-6-12-21(26)13-7-17/h1-13,16H,14-15H2,(H,27,28,29). The highest BCUT2D eigenvalue weighted by molar-refractivity contribution is 6.30. The predicted molar refractivity (Wildman–Crippen MR) is 117 cm³/mol. The first-order valence-electron chi connectivity index (χ1n) is 9.36. The molecule has 5 heteroatoms. The molecular formula is C24H19ClFN3. The van der Waals surface area contributed by atoms with Crippen molar-refractivity contribution in [2.24, 2.45) is 0 Å². The molecule has 0 saturated heterocycles. The van der Waals surface area contributed by atoms with Crippen molar-refractivity contribution >= 4 is 17.5 Å². The van der Waals surface area contributed by atoms with Crippen LogP contribution in [0.4, 0.5) is 10.3 Å². The van der Waals surface area contributed by atoms with E-state index in [2.05, 4.69) is 10.3 Å². The van der Waals surface area contributed by atoms with E-state index < -0.39 is 0 Å². The van der Waals surface area contributed by atoms with E-state index in [0.717, 1.165) is 34.4 Å². The van der Waals surface area contributed by atoms with E-state index >= 15 is 0 Å². The summed E-state index contributed by atoms with van der Waals surface area (Å²) in [6.07, 6.45) is 2.59. The molecular weight excluding hydrogens is 385 g/mol. The topological polar surface area (TPSA) is 37.8 Å². The Morgan fingerprint density at radius 2 is 1.55 bits per heavy atom. The van der Waals surface area contributed by atoms with Gasteiger partial charge in [-0.2, -0.15) is 0 Å². The van der Waals surface area contributed by atoms with Crippen LogP contribution in [0.1, 0.15) is 5.56 Å². The largest absolute Gasteiger partial charge is 0.354 e. The van der Waals surface area contributed by atoms with E-state index in [4.69, 9.17) is 16.6 Å². The molecule has 1 N–H and O–H groups in total. The fraction of sp³-hybridized carbons (Fsp3) is 0.0833. The van der Waals surface area contributed by atoms with Crippen molar-refractivity contribution < 1.29 is 4.39 Å². The molecule has 4 aromatic rings. The summed E-state index contributed by atoms with van der Waals surface area (Å²) < 4.78 is 13.0. The maximum Gasteiger partial charge on any atom is 0.223 e. The lowest BCUT2D eigenvalue weighted by molar-refractivity contribution is 0.627. The summed E-state index contributed by atoms with van der Waals surface area (Å²) in [7, 11) is 0. The quantitative estimate of drug-likeness (QED) is 0.413. The SMILES string of the molecule is Fc1ccc(CCNc2ncc(-c3ccccc3)c(-c3ccc(Cl)cc3)n2)cc1. The molecule has 0 bridgehead atoms. The highest BCUT2D eigenvalue weighted by Gasteiger charge is 2.11. The Morgan fingerprint density at radius 3 is 2.28 bits per heavy atom. The molecule has 0 amide bonds. The number of hydrogen-bond acceptors (Lipinski definition) is 3. The molecule has 0 aliphatic carbocycles. The van der Waals surface area contributed by atoms with Crippen LogP contribution in [-0.2, 0) is 6.42 Å². The van der Waals surface area contributed by atoms with Gasteiger partial charge in [0.2, 0.25) is 5.95 Å². The third kappa shape index (κ3) is 4.79. The van der Waals surface area contributed by atoms with Gasteiger partial charge in [0.05, 0.1) is 5.69 Å². The molecule has 4 rings (SSSR count). The van der Waals surface area contributed by atoms with Crippen molar-refractivity contribution in [1.82, 2.24) is 9.97 Å².